The third-order valence-electron chi connectivity index (χ3n) is 4.49. The van der Waals surface area contributed by atoms with Crippen LogP contribution in [0.25, 0.3) is 0 Å². The minimum Gasteiger partial charge on any atom is -0.507 e. The lowest BCUT2D eigenvalue weighted by molar-refractivity contribution is -0.117. The van der Waals surface area contributed by atoms with Crippen molar-refractivity contribution in [3.8, 4) is 5.75 Å². The van der Waals surface area contributed by atoms with Crippen LogP contribution in [0, 0.1) is 0 Å². The van der Waals surface area contributed by atoms with Gasteiger partial charge in [-0.15, -0.1) is 0 Å². The zero-order valence-corrected chi connectivity index (χ0v) is 18.9. The predicted octanol–water partition coefficient (Wildman–Crippen LogP) is 4.58. The van der Waals surface area contributed by atoms with E-state index < -0.39 is 6.03 Å². The highest BCUT2D eigenvalue weighted by atomic mass is 16.3. The molecule has 3 amide bonds. The van der Waals surface area contributed by atoms with E-state index in [-0.39, 0.29) is 16.7 Å². The molecule has 0 radical (unpaired) electrons. The van der Waals surface area contributed by atoms with Crippen molar-refractivity contribution in [3.05, 3.63) is 59.2 Å². The monoisotopic (exact) mass is 413 g/mol. The lowest BCUT2D eigenvalue weighted by atomic mass is 9.78. The Bertz CT molecular complexity index is 828. The number of nitrogens with two attached hydrogens (primary N) is 2. The summed E-state index contributed by atoms with van der Waals surface area (Å²) in [6.07, 6.45) is 0.944. The smallest absolute Gasteiger partial charge is 0.316 e. The molecule has 30 heavy (non-hydrogen) atoms. The van der Waals surface area contributed by atoms with Gasteiger partial charge in [0.2, 0.25) is 5.91 Å². The van der Waals surface area contributed by atoms with Gasteiger partial charge < -0.3 is 21.9 Å². The topological polar surface area (TPSA) is 118 Å². The van der Waals surface area contributed by atoms with E-state index in [1.54, 1.807) is 12.1 Å². The van der Waals surface area contributed by atoms with Crippen LogP contribution < -0.4 is 16.8 Å². The highest BCUT2D eigenvalue weighted by Gasteiger charge is 2.26. The Morgan fingerprint density at radius 1 is 0.900 bits per heavy atom. The number of amides is 3. The number of nitrogens with one attached hydrogen (secondary N) is 1. The van der Waals surface area contributed by atoms with Crippen LogP contribution in [-0.4, -0.2) is 17.0 Å². The summed E-state index contributed by atoms with van der Waals surface area (Å²) in [4.78, 5) is 21.3. The van der Waals surface area contributed by atoms with Gasteiger partial charge in [0, 0.05) is 12.1 Å². The number of aromatic hydroxyl groups is 1. The lowest BCUT2D eigenvalue weighted by Gasteiger charge is -2.28. The molecule has 0 aliphatic heterocycles. The molecular weight excluding hydrogens is 378 g/mol. The molecule has 0 aliphatic rings. The number of hydrogen-bond acceptors (Lipinski definition) is 3. The summed E-state index contributed by atoms with van der Waals surface area (Å²) in [6.45, 7) is 12.5. The molecule has 0 heterocycles. The van der Waals surface area contributed by atoms with Gasteiger partial charge in [0.1, 0.15) is 5.75 Å². The van der Waals surface area contributed by atoms with Crippen LogP contribution in [-0.2, 0) is 22.0 Å². The fourth-order valence-corrected chi connectivity index (χ4v) is 2.91. The molecular formula is C24H35N3O3. The van der Waals surface area contributed by atoms with E-state index in [4.69, 9.17) is 11.5 Å². The van der Waals surface area contributed by atoms with E-state index in [0.717, 1.165) is 22.4 Å². The summed E-state index contributed by atoms with van der Waals surface area (Å²) in [6, 6.07) is 12.5. The van der Waals surface area contributed by atoms with Crippen molar-refractivity contribution >= 4 is 17.6 Å². The highest BCUT2D eigenvalue weighted by molar-refractivity contribution is 5.87. The molecule has 6 heteroatoms. The van der Waals surface area contributed by atoms with Gasteiger partial charge in [-0.25, -0.2) is 4.79 Å². The summed E-state index contributed by atoms with van der Waals surface area (Å²) >= 11 is 0. The molecule has 2 aromatic carbocycles. The average molecular weight is 414 g/mol. The third-order valence-corrected chi connectivity index (χ3v) is 4.49. The van der Waals surface area contributed by atoms with E-state index in [9.17, 15) is 14.7 Å². The molecule has 2 aromatic rings. The van der Waals surface area contributed by atoms with Gasteiger partial charge in [-0.1, -0.05) is 71.9 Å². The molecule has 0 fully saturated rings. The summed E-state index contributed by atoms with van der Waals surface area (Å²) in [5.74, 6) is 0.0699. The van der Waals surface area contributed by atoms with Crippen LogP contribution in [0.15, 0.2) is 42.5 Å². The number of para-hydroxylation sites is 1. The number of carbonyl (C=O) groups is 2. The van der Waals surface area contributed by atoms with Crippen molar-refractivity contribution in [2.75, 3.05) is 5.32 Å². The summed E-state index contributed by atoms with van der Waals surface area (Å²) in [7, 11) is 0. The number of anilines is 1. The van der Waals surface area contributed by atoms with Crippen LogP contribution in [0.4, 0.5) is 10.5 Å². The van der Waals surface area contributed by atoms with E-state index in [1.165, 1.54) is 0 Å². The molecule has 0 atom stereocenters. The van der Waals surface area contributed by atoms with Gasteiger partial charge >= 0.3 is 6.03 Å². The summed E-state index contributed by atoms with van der Waals surface area (Å²) in [5, 5.41) is 13.0. The third kappa shape index (κ3) is 8.15. The summed E-state index contributed by atoms with van der Waals surface area (Å²) in [5.41, 5.74) is 13.4. The van der Waals surface area contributed by atoms with E-state index >= 15 is 0 Å². The molecule has 0 aliphatic carbocycles. The number of benzene rings is 2. The SMILES string of the molecule is CC(C)(C)c1cc(CCC(N)=O)cc(C(C)(C)C)c1O.NC(=O)Nc1ccccc1. The lowest BCUT2D eigenvalue weighted by Crippen LogP contribution is -2.18. The van der Waals surface area contributed by atoms with Crippen molar-refractivity contribution in [2.45, 2.75) is 65.2 Å². The molecule has 0 saturated heterocycles. The molecule has 0 saturated carbocycles. The number of aryl methyl sites for hydroxylation is 1. The Morgan fingerprint density at radius 3 is 1.73 bits per heavy atom. The van der Waals surface area contributed by atoms with Crippen LogP contribution in [0.1, 0.15) is 64.7 Å². The molecule has 0 spiro atoms. The molecule has 2 rings (SSSR count). The van der Waals surface area contributed by atoms with Crippen molar-refractivity contribution < 1.29 is 14.7 Å². The molecule has 164 valence electrons. The molecule has 6 N–H and O–H groups in total. The average Bonchev–Trinajstić information content (AvgIpc) is 2.59. The standard InChI is InChI=1S/C17H27NO2.C7H8N2O/c1-16(2,3)12-9-11(7-8-14(18)19)10-13(15(12)20)17(4,5)6;8-7(10)9-6-4-2-1-3-5-6/h9-10,20H,7-8H2,1-6H3,(H2,18,19);1-5H,(H3,8,9,10). The Morgan fingerprint density at radius 2 is 1.37 bits per heavy atom. The largest absolute Gasteiger partial charge is 0.507 e. The highest BCUT2D eigenvalue weighted by Crippen LogP contribution is 2.39. The fourth-order valence-electron chi connectivity index (χ4n) is 2.91. The maximum Gasteiger partial charge on any atom is 0.316 e. The van der Waals surface area contributed by atoms with Gasteiger partial charge in [-0.2, -0.15) is 0 Å². The first kappa shape index (κ1) is 25.0. The first-order valence-corrected chi connectivity index (χ1v) is 9.98. The van der Waals surface area contributed by atoms with Gasteiger partial charge in [0.25, 0.3) is 0 Å². The minimum atomic E-state index is -0.536. The normalized spacial score (nSPS) is 11.3. The van der Waals surface area contributed by atoms with Gasteiger partial charge in [0.05, 0.1) is 0 Å². The van der Waals surface area contributed by atoms with Gasteiger partial charge in [-0.05, 0) is 46.1 Å². The van der Waals surface area contributed by atoms with E-state index in [2.05, 4.69) is 46.9 Å². The number of phenols is 1. The van der Waals surface area contributed by atoms with Crippen molar-refractivity contribution in [3.63, 3.8) is 0 Å². The number of phenolic OH excluding ortho intramolecular Hbond substituents is 1. The number of urea groups is 1. The number of hydrogen-bond donors (Lipinski definition) is 4. The van der Waals surface area contributed by atoms with Crippen LogP contribution in [0.2, 0.25) is 0 Å². The zero-order valence-electron chi connectivity index (χ0n) is 18.9. The van der Waals surface area contributed by atoms with Crippen LogP contribution >= 0.6 is 0 Å². The van der Waals surface area contributed by atoms with Gasteiger partial charge in [0.15, 0.2) is 0 Å². The molecule has 0 unspecified atom stereocenters. The summed E-state index contributed by atoms with van der Waals surface area (Å²) < 4.78 is 0. The van der Waals surface area contributed by atoms with Crippen molar-refractivity contribution in [2.24, 2.45) is 11.5 Å². The second kappa shape index (κ2) is 10.1. The quantitative estimate of drug-likeness (QED) is 0.587. The maximum atomic E-state index is 11.0. The van der Waals surface area contributed by atoms with Gasteiger partial charge in [-0.3, -0.25) is 4.79 Å². The first-order valence-electron chi connectivity index (χ1n) is 9.98. The Hall–Kier alpha value is -3.02. The Kier molecular flexibility index (Phi) is 8.46. The maximum absolute atomic E-state index is 11.0. The Balaban J connectivity index is 0.000000375. The van der Waals surface area contributed by atoms with Crippen molar-refractivity contribution in [1.29, 1.82) is 0 Å². The molecule has 6 nitrogen and oxygen atoms in total. The van der Waals surface area contributed by atoms with E-state index in [1.807, 2.05) is 30.3 Å². The number of primary amides is 2. The molecule has 0 bridgehead atoms. The second-order valence-corrected chi connectivity index (χ2v) is 9.36. The zero-order chi connectivity index (χ0) is 23.1. The number of rotatable bonds is 4. The second-order valence-electron chi connectivity index (χ2n) is 9.36. The Labute approximate surface area is 179 Å². The van der Waals surface area contributed by atoms with Crippen molar-refractivity contribution in [1.82, 2.24) is 0 Å². The fraction of sp³-hybridized carbons (Fsp3) is 0.417. The van der Waals surface area contributed by atoms with E-state index in [0.29, 0.717) is 18.6 Å². The minimum absolute atomic E-state index is 0.146. The van der Waals surface area contributed by atoms with Crippen LogP contribution in [0.3, 0.4) is 0 Å². The molecule has 0 aromatic heterocycles. The predicted molar refractivity (Wildman–Crippen MR) is 123 cm³/mol. The van der Waals surface area contributed by atoms with Crippen LogP contribution in [0.5, 0.6) is 5.75 Å². The first-order chi connectivity index (χ1) is 13.7. The number of carbonyl (C=O) groups excluding carboxylic acids is 2.